The van der Waals surface area contributed by atoms with Gasteiger partial charge in [0.1, 0.15) is 0 Å². The highest BCUT2D eigenvalue weighted by Gasteiger charge is 2.27. The van der Waals surface area contributed by atoms with Crippen molar-refractivity contribution in [2.75, 3.05) is 13.2 Å². The van der Waals surface area contributed by atoms with Crippen molar-refractivity contribution >= 4 is 23.2 Å². The fourth-order valence-corrected chi connectivity index (χ4v) is 2.05. The molecule has 0 atom stereocenters. The summed E-state index contributed by atoms with van der Waals surface area (Å²) < 4.78 is 0. The van der Waals surface area contributed by atoms with Crippen molar-refractivity contribution in [2.45, 2.75) is 19.8 Å². The van der Waals surface area contributed by atoms with Crippen molar-refractivity contribution in [3.8, 4) is 0 Å². The molecule has 0 radical (unpaired) electrons. The van der Waals surface area contributed by atoms with E-state index in [1.54, 1.807) is 12.1 Å². The van der Waals surface area contributed by atoms with Gasteiger partial charge in [0.2, 0.25) is 0 Å². The normalized spacial score (nSPS) is 11.8. The summed E-state index contributed by atoms with van der Waals surface area (Å²) in [5.41, 5.74) is 0.397. The minimum absolute atomic E-state index is 0.0566. The van der Waals surface area contributed by atoms with Gasteiger partial charge in [-0.1, -0.05) is 36.2 Å². The molecule has 0 heterocycles. The van der Waals surface area contributed by atoms with Crippen LogP contribution in [0.2, 0.25) is 10.0 Å². The van der Waals surface area contributed by atoms with Gasteiger partial charge in [-0.25, -0.2) is 0 Å². The fourth-order valence-electron chi connectivity index (χ4n) is 1.58. The van der Waals surface area contributed by atoms with E-state index in [1.165, 1.54) is 0 Å². The van der Waals surface area contributed by atoms with Gasteiger partial charge < -0.3 is 10.2 Å². The molecule has 0 aromatic heterocycles. The van der Waals surface area contributed by atoms with E-state index in [1.807, 2.05) is 13.0 Å². The Kier molecular flexibility index (Phi) is 5.06. The number of aliphatic hydroxyl groups is 2. The van der Waals surface area contributed by atoms with Crippen LogP contribution in [0.4, 0.5) is 0 Å². The van der Waals surface area contributed by atoms with Crippen LogP contribution in [0.5, 0.6) is 0 Å². The van der Waals surface area contributed by atoms with Gasteiger partial charge in [-0.2, -0.15) is 0 Å². The Bertz CT molecular complexity index is 341. The van der Waals surface area contributed by atoms with Crippen molar-refractivity contribution < 1.29 is 10.2 Å². The molecular weight excluding hydrogens is 247 g/mol. The maximum Gasteiger partial charge on any atom is 0.0512 e. The molecule has 1 aromatic carbocycles. The largest absolute Gasteiger partial charge is 0.396 e. The molecule has 90 valence electrons. The quantitative estimate of drug-likeness (QED) is 0.857. The van der Waals surface area contributed by atoms with Crippen molar-refractivity contribution in [1.29, 1.82) is 0 Å². The fraction of sp³-hybridized carbons (Fsp3) is 0.500. The van der Waals surface area contributed by atoms with Crippen molar-refractivity contribution in [3.05, 3.63) is 33.8 Å². The Balaban J connectivity index is 2.93. The third kappa shape index (κ3) is 3.11. The summed E-state index contributed by atoms with van der Waals surface area (Å²) in [5.74, 6) is 0. The van der Waals surface area contributed by atoms with E-state index in [9.17, 15) is 10.2 Å². The predicted octanol–water partition coefficient (Wildman–Crippen LogP) is 2.92. The number of halogens is 2. The first-order chi connectivity index (χ1) is 7.56. The Labute approximate surface area is 106 Å². The first kappa shape index (κ1) is 13.8. The standard InChI is InChI=1S/C12H16Cl2O2/c1-2-12(7-15,8-16)6-9-3-4-10(13)5-11(9)14/h3-5,15-16H,2,6-8H2,1H3. The Morgan fingerprint density at radius 1 is 1.19 bits per heavy atom. The average molecular weight is 263 g/mol. The second-order valence-corrected chi connectivity index (χ2v) is 4.93. The molecule has 1 aromatic rings. The van der Waals surface area contributed by atoms with Crippen LogP contribution >= 0.6 is 23.2 Å². The maximum atomic E-state index is 9.35. The number of hydrogen-bond donors (Lipinski definition) is 2. The molecule has 1 rings (SSSR count). The lowest BCUT2D eigenvalue weighted by Crippen LogP contribution is -2.31. The Hall–Kier alpha value is -0.280. The van der Waals surface area contributed by atoms with E-state index in [0.29, 0.717) is 22.9 Å². The number of rotatable bonds is 5. The molecule has 0 aliphatic rings. The van der Waals surface area contributed by atoms with Gasteiger partial charge in [0, 0.05) is 15.5 Å². The third-order valence-corrected chi connectivity index (χ3v) is 3.59. The van der Waals surface area contributed by atoms with Gasteiger partial charge >= 0.3 is 0 Å². The summed E-state index contributed by atoms with van der Waals surface area (Å²) >= 11 is 11.9. The SMILES string of the molecule is CCC(CO)(CO)Cc1ccc(Cl)cc1Cl. The molecule has 0 bridgehead atoms. The number of hydrogen-bond acceptors (Lipinski definition) is 2. The first-order valence-electron chi connectivity index (χ1n) is 5.22. The highest BCUT2D eigenvalue weighted by molar-refractivity contribution is 6.35. The minimum Gasteiger partial charge on any atom is -0.396 e. The van der Waals surface area contributed by atoms with Gasteiger partial charge in [-0.05, 0) is 30.5 Å². The third-order valence-electron chi connectivity index (χ3n) is 3.00. The predicted molar refractivity (Wildman–Crippen MR) is 67.1 cm³/mol. The van der Waals surface area contributed by atoms with Gasteiger partial charge in [0.15, 0.2) is 0 Å². The van der Waals surface area contributed by atoms with Crippen LogP contribution in [0.15, 0.2) is 18.2 Å². The molecule has 4 heteroatoms. The van der Waals surface area contributed by atoms with Crippen LogP contribution < -0.4 is 0 Å². The van der Waals surface area contributed by atoms with Crippen LogP contribution in [0.1, 0.15) is 18.9 Å². The van der Waals surface area contributed by atoms with Crippen molar-refractivity contribution in [1.82, 2.24) is 0 Å². The van der Waals surface area contributed by atoms with Crippen LogP contribution in [-0.2, 0) is 6.42 Å². The number of aliphatic hydroxyl groups excluding tert-OH is 2. The molecular formula is C12H16Cl2O2. The molecule has 0 amide bonds. The summed E-state index contributed by atoms with van der Waals surface area (Å²) in [6, 6.07) is 5.27. The molecule has 2 nitrogen and oxygen atoms in total. The van der Waals surface area contributed by atoms with E-state index < -0.39 is 5.41 Å². The number of benzene rings is 1. The van der Waals surface area contributed by atoms with Crippen molar-refractivity contribution in [3.63, 3.8) is 0 Å². The molecule has 0 unspecified atom stereocenters. The summed E-state index contributed by atoms with van der Waals surface area (Å²) in [7, 11) is 0. The summed E-state index contributed by atoms with van der Waals surface area (Å²) in [5, 5.41) is 19.9. The highest BCUT2D eigenvalue weighted by atomic mass is 35.5. The topological polar surface area (TPSA) is 40.5 Å². The smallest absolute Gasteiger partial charge is 0.0512 e. The van der Waals surface area contributed by atoms with Gasteiger partial charge in [0.05, 0.1) is 13.2 Å². The lowest BCUT2D eigenvalue weighted by atomic mass is 9.81. The average Bonchev–Trinajstić information content (AvgIpc) is 2.29. The lowest BCUT2D eigenvalue weighted by Gasteiger charge is -2.28. The zero-order valence-corrected chi connectivity index (χ0v) is 10.7. The van der Waals surface area contributed by atoms with E-state index in [4.69, 9.17) is 23.2 Å². The lowest BCUT2D eigenvalue weighted by molar-refractivity contribution is 0.0514. The minimum atomic E-state index is -0.503. The molecule has 0 saturated carbocycles. The summed E-state index contributed by atoms with van der Waals surface area (Å²) in [6.07, 6.45) is 1.24. The maximum absolute atomic E-state index is 9.35. The van der Waals surface area contributed by atoms with Crippen molar-refractivity contribution in [2.24, 2.45) is 5.41 Å². The van der Waals surface area contributed by atoms with Crippen LogP contribution in [0, 0.1) is 5.41 Å². The summed E-state index contributed by atoms with van der Waals surface area (Å²) in [4.78, 5) is 0. The van der Waals surface area contributed by atoms with E-state index >= 15 is 0 Å². The molecule has 0 aliphatic carbocycles. The van der Waals surface area contributed by atoms with Gasteiger partial charge in [-0.3, -0.25) is 0 Å². The second kappa shape index (κ2) is 5.87. The molecule has 0 spiro atoms. The monoisotopic (exact) mass is 262 g/mol. The van der Waals surface area contributed by atoms with Crippen LogP contribution in [-0.4, -0.2) is 23.4 Å². The zero-order valence-electron chi connectivity index (χ0n) is 9.21. The molecule has 2 N–H and O–H groups in total. The van der Waals surface area contributed by atoms with E-state index in [-0.39, 0.29) is 13.2 Å². The Morgan fingerprint density at radius 2 is 1.81 bits per heavy atom. The Morgan fingerprint density at radius 3 is 2.25 bits per heavy atom. The first-order valence-corrected chi connectivity index (χ1v) is 5.98. The van der Waals surface area contributed by atoms with E-state index in [2.05, 4.69) is 0 Å². The second-order valence-electron chi connectivity index (χ2n) is 4.08. The highest BCUT2D eigenvalue weighted by Crippen LogP contribution is 2.30. The van der Waals surface area contributed by atoms with E-state index in [0.717, 1.165) is 5.56 Å². The molecule has 0 saturated heterocycles. The van der Waals surface area contributed by atoms with Gasteiger partial charge in [0.25, 0.3) is 0 Å². The zero-order chi connectivity index (χ0) is 12.2. The van der Waals surface area contributed by atoms with Crippen LogP contribution in [0.3, 0.4) is 0 Å². The molecule has 0 aliphatic heterocycles. The van der Waals surface area contributed by atoms with Crippen LogP contribution in [0.25, 0.3) is 0 Å². The molecule has 0 fully saturated rings. The van der Waals surface area contributed by atoms with Gasteiger partial charge in [-0.15, -0.1) is 0 Å². The summed E-state index contributed by atoms with van der Waals surface area (Å²) in [6.45, 7) is 1.83. The molecule has 16 heavy (non-hydrogen) atoms.